The lowest BCUT2D eigenvalue weighted by Gasteiger charge is -2.08. The van der Waals surface area contributed by atoms with Gasteiger partial charge in [0, 0.05) is 12.1 Å². The summed E-state index contributed by atoms with van der Waals surface area (Å²) in [4.78, 5) is 10.6. The average Bonchev–Trinajstić information content (AvgIpc) is 2.75. The largest absolute Gasteiger partial charge is 0.496 e. The van der Waals surface area contributed by atoms with Gasteiger partial charge in [0.1, 0.15) is 17.2 Å². The van der Waals surface area contributed by atoms with Gasteiger partial charge in [0.25, 0.3) is 5.69 Å². The van der Waals surface area contributed by atoms with Gasteiger partial charge in [0.05, 0.1) is 23.8 Å². The van der Waals surface area contributed by atoms with Gasteiger partial charge in [-0.1, -0.05) is 5.16 Å². The van der Waals surface area contributed by atoms with Crippen LogP contribution in [0.25, 0.3) is 0 Å². The Balaban J connectivity index is 2.23. The molecule has 0 bridgehead atoms. The lowest BCUT2D eigenvalue weighted by molar-refractivity contribution is -0.384. The van der Waals surface area contributed by atoms with E-state index < -0.39 is 4.92 Å². The Morgan fingerprint density at radius 1 is 1.45 bits per heavy atom. The van der Waals surface area contributed by atoms with Crippen LogP contribution in [-0.4, -0.2) is 17.2 Å². The van der Waals surface area contributed by atoms with E-state index in [0.29, 0.717) is 23.7 Å². The molecular weight excluding hydrogens is 262 g/mol. The molecule has 2 rings (SSSR count). The van der Waals surface area contributed by atoms with Crippen molar-refractivity contribution in [2.24, 2.45) is 0 Å². The summed E-state index contributed by atoms with van der Waals surface area (Å²) in [7, 11) is 1.47. The molecule has 0 spiro atoms. The van der Waals surface area contributed by atoms with Crippen molar-refractivity contribution in [2.75, 3.05) is 12.4 Å². The van der Waals surface area contributed by atoms with E-state index in [-0.39, 0.29) is 5.69 Å². The van der Waals surface area contributed by atoms with Gasteiger partial charge in [-0.15, -0.1) is 0 Å². The van der Waals surface area contributed by atoms with Crippen LogP contribution in [-0.2, 0) is 6.54 Å². The first kappa shape index (κ1) is 13.9. The summed E-state index contributed by atoms with van der Waals surface area (Å²) in [6, 6.07) is 4.67. The third kappa shape index (κ3) is 2.71. The molecule has 0 fully saturated rings. The van der Waals surface area contributed by atoms with Crippen molar-refractivity contribution in [3.05, 3.63) is 45.3 Å². The second-order valence-corrected chi connectivity index (χ2v) is 4.30. The van der Waals surface area contributed by atoms with E-state index in [4.69, 9.17) is 9.26 Å². The highest BCUT2D eigenvalue weighted by molar-refractivity contribution is 5.64. The fourth-order valence-corrected chi connectivity index (χ4v) is 1.88. The van der Waals surface area contributed by atoms with Crippen molar-refractivity contribution in [3.63, 3.8) is 0 Å². The third-order valence-corrected chi connectivity index (χ3v) is 3.04. The van der Waals surface area contributed by atoms with Crippen LogP contribution in [0.4, 0.5) is 11.4 Å². The molecule has 1 N–H and O–H groups in total. The smallest absolute Gasteiger partial charge is 0.296 e. The van der Waals surface area contributed by atoms with Gasteiger partial charge < -0.3 is 14.6 Å². The first-order valence-corrected chi connectivity index (χ1v) is 6.01. The molecule has 2 aromatic rings. The fraction of sp³-hybridized carbons (Fsp3) is 0.308. The number of nitro benzene ring substituents is 1. The number of methoxy groups -OCH3 is 1. The van der Waals surface area contributed by atoms with Crippen molar-refractivity contribution < 1.29 is 14.2 Å². The van der Waals surface area contributed by atoms with E-state index in [2.05, 4.69) is 10.5 Å². The van der Waals surface area contributed by atoms with E-state index in [1.54, 1.807) is 19.1 Å². The summed E-state index contributed by atoms with van der Waals surface area (Å²) >= 11 is 0. The maximum atomic E-state index is 11.1. The topological polar surface area (TPSA) is 90.4 Å². The number of aryl methyl sites for hydroxylation is 2. The number of nitro groups is 1. The Bertz CT molecular complexity index is 617. The maximum absolute atomic E-state index is 11.1. The molecule has 7 nitrogen and oxygen atoms in total. The highest BCUT2D eigenvalue weighted by atomic mass is 16.6. The summed E-state index contributed by atoms with van der Waals surface area (Å²) in [6.45, 7) is 4.05. The third-order valence-electron chi connectivity index (χ3n) is 3.04. The number of hydrogen-bond donors (Lipinski definition) is 1. The van der Waals surface area contributed by atoms with E-state index in [1.807, 2.05) is 6.92 Å². The Morgan fingerprint density at radius 3 is 2.75 bits per heavy atom. The molecule has 0 aliphatic rings. The molecular formula is C13H15N3O4. The number of rotatable bonds is 5. The highest BCUT2D eigenvalue weighted by Gasteiger charge is 2.16. The van der Waals surface area contributed by atoms with Crippen molar-refractivity contribution in [2.45, 2.75) is 20.4 Å². The number of anilines is 1. The summed E-state index contributed by atoms with van der Waals surface area (Å²) in [5.74, 6) is 1.14. The van der Waals surface area contributed by atoms with Crippen LogP contribution in [0.1, 0.15) is 17.0 Å². The highest BCUT2D eigenvalue weighted by Crippen LogP contribution is 2.29. The number of aromatic nitrogens is 1. The van der Waals surface area contributed by atoms with E-state index >= 15 is 0 Å². The predicted molar refractivity (Wildman–Crippen MR) is 73.0 cm³/mol. The minimum Gasteiger partial charge on any atom is -0.496 e. The first-order chi connectivity index (χ1) is 9.52. The van der Waals surface area contributed by atoms with Gasteiger partial charge in [0.15, 0.2) is 0 Å². The quantitative estimate of drug-likeness (QED) is 0.667. The second-order valence-electron chi connectivity index (χ2n) is 4.30. The molecule has 0 radical (unpaired) electrons. The van der Waals surface area contributed by atoms with Crippen LogP contribution in [0.15, 0.2) is 22.7 Å². The van der Waals surface area contributed by atoms with Gasteiger partial charge in [0.2, 0.25) is 0 Å². The molecule has 1 aromatic carbocycles. The van der Waals surface area contributed by atoms with Crippen LogP contribution >= 0.6 is 0 Å². The van der Waals surface area contributed by atoms with E-state index in [9.17, 15) is 10.1 Å². The minimum atomic E-state index is -0.446. The molecule has 0 saturated heterocycles. The molecule has 0 amide bonds. The lowest BCUT2D eigenvalue weighted by Crippen LogP contribution is -2.04. The number of nitrogens with one attached hydrogen (secondary N) is 1. The van der Waals surface area contributed by atoms with Crippen LogP contribution in [0.2, 0.25) is 0 Å². The minimum absolute atomic E-state index is 0.0314. The molecule has 7 heteroatoms. The van der Waals surface area contributed by atoms with Crippen molar-refractivity contribution in [1.82, 2.24) is 5.16 Å². The van der Waals surface area contributed by atoms with E-state index in [1.165, 1.54) is 13.2 Å². The SMILES string of the molecule is COc1ccc(NCc2c(C)noc2C)c([N+](=O)[O-])c1. The Kier molecular flexibility index (Phi) is 3.88. The molecule has 0 unspecified atom stereocenters. The average molecular weight is 277 g/mol. The van der Waals surface area contributed by atoms with Crippen molar-refractivity contribution in [3.8, 4) is 5.75 Å². The summed E-state index contributed by atoms with van der Waals surface area (Å²) in [5.41, 5.74) is 2.06. The molecule has 0 saturated carbocycles. The van der Waals surface area contributed by atoms with Crippen LogP contribution in [0.3, 0.4) is 0 Å². The van der Waals surface area contributed by atoms with Crippen molar-refractivity contribution >= 4 is 11.4 Å². The standard InChI is InChI=1S/C13H15N3O4/c1-8-11(9(2)20-15-8)7-14-12-5-4-10(19-3)6-13(12)16(17)18/h4-6,14H,7H2,1-3H3. The number of nitrogens with zero attached hydrogens (tertiary/aromatic N) is 2. The molecule has 20 heavy (non-hydrogen) atoms. The summed E-state index contributed by atoms with van der Waals surface area (Å²) < 4.78 is 10.0. The summed E-state index contributed by atoms with van der Waals surface area (Å²) in [5, 5.41) is 17.9. The number of hydrogen-bond acceptors (Lipinski definition) is 6. The lowest BCUT2D eigenvalue weighted by atomic mass is 10.2. The molecule has 0 aliphatic heterocycles. The Labute approximate surface area is 115 Å². The second kappa shape index (κ2) is 5.60. The zero-order chi connectivity index (χ0) is 14.7. The zero-order valence-corrected chi connectivity index (χ0v) is 11.5. The molecule has 1 aromatic heterocycles. The van der Waals surface area contributed by atoms with Crippen LogP contribution < -0.4 is 10.1 Å². The molecule has 0 atom stereocenters. The fourth-order valence-electron chi connectivity index (χ4n) is 1.88. The molecule has 0 aliphatic carbocycles. The van der Waals surface area contributed by atoms with Crippen molar-refractivity contribution in [1.29, 1.82) is 0 Å². The summed E-state index contributed by atoms with van der Waals surface area (Å²) in [6.07, 6.45) is 0. The first-order valence-electron chi connectivity index (χ1n) is 6.01. The number of ether oxygens (including phenoxy) is 1. The van der Waals surface area contributed by atoms with Gasteiger partial charge in [-0.2, -0.15) is 0 Å². The van der Waals surface area contributed by atoms with Crippen LogP contribution in [0.5, 0.6) is 5.75 Å². The van der Waals surface area contributed by atoms with Gasteiger partial charge in [-0.25, -0.2) is 0 Å². The van der Waals surface area contributed by atoms with Gasteiger partial charge in [-0.05, 0) is 26.0 Å². The molecule has 1 heterocycles. The normalized spacial score (nSPS) is 10.3. The zero-order valence-electron chi connectivity index (χ0n) is 11.5. The monoisotopic (exact) mass is 277 g/mol. The Hall–Kier alpha value is -2.57. The van der Waals surface area contributed by atoms with Gasteiger partial charge in [-0.3, -0.25) is 10.1 Å². The predicted octanol–water partition coefficient (Wildman–Crippen LogP) is 2.82. The maximum Gasteiger partial charge on any atom is 0.296 e. The molecule has 106 valence electrons. The number of benzene rings is 1. The van der Waals surface area contributed by atoms with Crippen LogP contribution in [0, 0.1) is 24.0 Å². The van der Waals surface area contributed by atoms with Gasteiger partial charge >= 0.3 is 0 Å². The van der Waals surface area contributed by atoms with E-state index in [0.717, 1.165) is 11.3 Å². The Morgan fingerprint density at radius 2 is 2.20 bits per heavy atom.